The van der Waals surface area contributed by atoms with E-state index >= 15 is 0 Å². The Balaban J connectivity index is 1.65. The van der Waals surface area contributed by atoms with E-state index in [4.69, 9.17) is 4.74 Å². The van der Waals surface area contributed by atoms with Gasteiger partial charge in [0, 0.05) is 33.1 Å². The molecule has 0 aromatic heterocycles. The standard InChI is InChI=1S/C16H24N2O3S/c1-17(2)22(19,20)18-10-8-16(9-11-18)12-15(13-21-16)14-6-4-3-5-7-14/h3-7,15H,8-13H2,1-2H3. The molecule has 2 aliphatic rings. The average molecular weight is 324 g/mol. The maximum atomic E-state index is 12.2. The molecule has 0 bridgehead atoms. The van der Waals surface area contributed by atoms with Crippen LogP contribution in [0.25, 0.3) is 0 Å². The second-order valence-corrected chi connectivity index (χ2v) is 8.64. The average Bonchev–Trinajstić information content (AvgIpc) is 2.92. The molecular formula is C16H24N2O3S. The number of hydrogen-bond acceptors (Lipinski definition) is 3. The van der Waals surface area contributed by atoms with Gasteiger partial charge in [0.1, 0.15) is 0 Å². The van der Waals surface area contributed by atoms with Crippen molar-refractivity contribution in [1.82, 2.24) is 8.61 Å². The summed E-state index contributed by atoms with van der Waals surface area (Å²) in [5.74, 6) is 0.429. The first-order valence-corrected chi connectivity index (χ1v) is 9.19. The number of rotatable bonds is 3. The van der Waals surface area contributed by atoms with Gasteiger partial charge < -0.3 is 4.74 Å². The molecule has 5 nitrogen and oxygen atoms in total. The quantitative estimate of drug-likeness (QED) is 0.852. The second-order valence-electron chi connectivity index (χ2n) is 6.49. The van der Waals surface area contributed by atoms with Crippen LogP contribution in [0.4, 0.5) is 0 Å². The van der Waals surface area contributed by atoms with E-state index in [1.54, 1.807) is 18.4 Å². The summed E-state index contributed by atoms with van der Waals surface area (Å²) in [5.41, 5.74) is 1.18. The van der Waals surface area contributed by atoms with Gasteiger partial charge in [0.25, 0.3) is 10.2 Å². The van der Waals surface area contributed by atoms with Crippen molar-refractivity contribution in [3.05, 3.63) is 35.9 Å². The molecule has 6 heteroatoms. The van der Waals surface area contributed by atoms with Gasteiger partial charge in [-0.15, -0.1) is 0 Å². The zero-order chi connectivity index (χ0) is 15.8. The lowest BCUT2D eigenvalue weighted by atomic mass is 9.84. The first-order chi connectivity index (χ1) is 10.4. The Morgan fingerprint density at radius 2 is 1.82 bits per heavy atom. The molecular weight excluding hydrogens is 300 g/mol. The van der Waals surface area contributed by atoms with Crippen molar-refractivity contribution >= 4 is 10.2 Å². The Labute approximate surface area is 133 Å². The summed E-state index contributed by atoms with van der Waals surface area (Å²) in [6.45, 7) is 1.83. The molecule has 122 valence electrons. The van der Waals surface area contributed by atoms with Crippen LogP contribution >= 0.6 is 0 Å². The van der Waals surface area contributed by atoms with E-state index in [1.165, 1.54) is 9.87 Å². The van der Waals surface area contributed by atoms with Gasteiger partial charge in [-0.25, -0.2) is 0 Å². The van der Waals surface area contributed by atoms with Gasteiger partial charge in [-0.3, -0.25) is 0 Å². The molecule has 0 amide bonds. The summed E-state index contributed by atoms with van der Waals surface area (Å²) in [6, 6.07) is 10.5. The van der Waals surface area contributed by atoms with E-state index in [9.17, 15) is 8.42 Å². The molecule has 2 heterocycles. The monoisotopic (exact) mass is 324 g/mol. The molecule has 0 aliphatic carbocycles. The van der Waals surface area contributed by atoms with Crippen LogP contribution in [0.1, 0.15) is 30.7 Å². The molecule has 1 aromatic carbocycles. The number of benzene rings is 1. The molecule has 0 saturated carbocycles. The van der Waals surface area contributed by atoms with Gasteiger partial charge in [0.05, 0.1) is 12.2 Å². The minimum Gasteiger partial charge on any atom is -0.374 e. The van der Waals surface area contributed by atoms with Crippen LogP contribution < -0.4 is 0 Å². The summed E-state index contributed by atoms with van der Waals surface area (Å²) in [5, 5.41) is 0. The van der Waals surface area contributed by atoms with E-state index in [1.807, 2.05) is 6.07 Å². The molecule has 1 unspecified atom stereocenters. The fourth-order valence-corrected chi connectivity index (χ4v) is 4.59. The van der Waals surface area contributed by atoms with Crippen molar-refractivity contribution in [1.29, 1.82) is 0 Å². The fourth-order valence-electron chi connectivity index (χ4n) is 3.49. The largest absolute Gasteiger partial charge is 0.374 e. The van der Waals surface area contributed by atoms with Crippen LogP contribution in [-0.2, 0) is 14.9 Å². The summed E-state index contributed by atoms with van der Waals surface area (Å²) < 4.78 is 33.4. The molecule has 22 heavy (non-hydrogen) atoms. The lowest BCUT2D eigenvalue weighted by Gasteiger charge is -2.38. The number of piperidine rings is 1. The molecule has 0 radical (unpaired) electrons. The van der Waals surface area contributed by atoms with E-state index in [0.29, 0.717) is 19.0 Å². The Morgan fingerprint density at radius 1 is 1.18 bits per heavy atom. The van der Waals surface area contributed by atoms with Gasteiger partial charge in [0.2, 0.25) is 0 Å². The van der Waals surface area contributed by atoms with Crippen LogP contribution in [0.5, 0.6) is 0 Å². The van der Waals surface area contributed by atoms with Gasteiger partial charge in [0.15, 0.2) is 0 Å². The highest BCUT2D eigenvalue weighted by Crippen LogP contribution is 2.43. The second kappa shape index (κ2) is 5.92. The number of hydrogen-bond donors (Lipinski definition) is 0. The van der Waals surface area contributed by atoms with Crippen molar-refractivity contribution in [3.63, 3.8) is 0 Å². The maximum absolute atomic E-state index is 12.2. The van der Waals surface area contributed by atoms with Crippen LogP contribution in [0.15, 0.2) is 30.3 Å². The number of ether oxygens (including phenoxy) is 1. The Kier molecular flexibility index (Phi) is 4.29. The van der Waals surface area contributed by atoms with Crippen molar-refractivity contribution in [2.75, 3.05) is 33.8 Å². The maximum Gasteiger partial charge on any atom is 0.281 e. The Hall–Kier alpha value is -0.950. The van der Waals surface area contributed by atoms with Crippen molar-refractivity contribution in [2.45, 2.75) is 30.8 Å². The van der Waals surface area contributed by atoms with E-state index < -0.39 is 10.2 Å². The zero-order valence-corrected chi connectivity index (χ0v) is 14.1. The van der Waals surface area contributed by atoms with Gasteiger partial charge in [-0.05, 0) is 24.8 Å². The third kappa shape index (κ3) is 2.93. The summed E-state index contributed by atoms with van der Waals surface area (Å²) >= 11 is 0. The smallest absolute Gasteiger partial charge is 0.281 e. The zero-order valence-electron chi connectivity index (χ0n) is 13.2. The molecule has 2 aliphatic heterocycles. The first-order valence-electron chi connectivity index (χ1n) is 7.79. The highest BCUT2D eigenvalue weighted by Gasteiger charge is 2.45. The van der Waals surface area contributed by atoms with Crippen LogP contribution in [0.2, 0.25) is 0 Å². The molecule has 1 atom stereocenters. The minimum absolute atomic E-state index is 0.140. The molecule has 2 fully saturated rings. The fraction of sp³-hybridized carbons (Fsp3) is 0.625. The molecule has 2 saturated heterocycles. The van der Waals surface area contributed by atoms with Crippen molar-refractivity contribution in [2.24, 2.45) is 0 Å². The van der Waals surface area contributed by atoms with Gasteiger partial charge >= 0.3 is 0 Å². The normalized spacial score (nSPS) is 25.9. The van der Waals surface area contributed by atoms with Crippen LogP contribution in [0.3, 0.4) is 0 Å². The minimum atomic E-state index is -3.30. The predicted molar refractivity (Wildman–Crippen MR) is 85.9 cm³/mol. The summed E-state index contributed by atoms with van der Waals surface area (Å²) in [4.78, 5) is 0. The van der Waals surface area contributed by atoms with E-state index in [2.05, 4.69) is 24.3 Å². The third-order valence-electron chi connectivity index (χ3n) is 4.90. The van der Waals surface area contributed by atoms with Gasteiger partial charge in [-0.2, -0.15) is 17.0 Å². The summed E-state index contributed by atoms with van der Waals surface area (Å²) in [7, 11) is -0.140. The topological polar surface area (TPSA) is 49.9 Å². The summed E-state index contributed by atoms with van der Waals surface area (Å²) in [6.07, 6.45) is 2.56. The molecule has 0 N–H and O–H groups in total. The first kappa shape index (κ1) is 15.9. The van der Waals surface area contributed by atoms with Crippen LogP contribution in [0, 0.1) is 0 Å². The third-order valence-corrected chi connectivity index (χ3v) is 6.84. The van der Waals surface area contributed by atoms with Crippen molar-refractivity contribution in [3.8, 4) is 0 Å². The lowest BCUT2D eigenvalue weighted by Crippen LogP contribution is -2.49. The lowest BCUT2D eigenvalue weighted by molar-refractivity contribution is -0.0315. The van der Waals surface area contributed by atoms with Gasteiger partial charge in [-0.1, -0.05) is 30.3 Å². The Bertz CT molecular complexity index is 608. The van der Waals surface area contributed by atoms with E-state index in [0.717, 1.165) is 25.9 Å². The van der Waals surface area contributed by atoms with E-state index in [-0.39, 0.29) is 5.60 Å². The predicted octanol–water partition coefficient (Wildman–Crippen LogP) is 1.83. The molecule has 1 spiro atoms. The highest BCUT2D eigenvalue weighted by molar-refractivity contribution is 7.86. The highest BCUT2D eigenvalue weighted by atomic mass is 32.2. The van der Waals surface area contributed by atoms with Crippen molar-refractivity contribution < 1.29 is 13.2 Å². The Morgan fingerprint density at radius 3 is 2.41 bits per heavy atom. The SMILES string of the molecule is CN(C)S(=O)(=O)N1CCC2(CC1)CC(c1ccccc1)CO2. The number of nitrogens with zero attached hydrogens (tertiary/aromatic N) is 2. The van der Waals surface area contributed by atoms with Crippen LogP contribution in [-0.4, -0.2) is 56.4 Å². The molecule has 3 rings (SSSR count). The molecule has 1 aromatic rings.